The topological polar surface area (TPSA) is 12.5 Å². The Morgan fingerprint density at radius 1 is 1.50 bits per heavy atom. The van der Waals surface area contributed by atoms with Gasteiger partial charge in [0.2, 0.25) is 0 Å². The molecule has 14 heavy (non-hydrogen) atoms. The van der Waals surface area contributed by atoms with E-state index in [1.807, 2.05) is 0 Å². The third-order valence-corrected chi connectivity index (χ3v) is 3.57. The van der Waals surface area contributed by atoms with Crippen LogP contribution >= 0.6 is 11.6 Å². The van der Waals surface area contributed by atoms with Crippen molar-refractivity contribution in [3.8, 4) is 0 Å². The first-order valence-corrected chi connectivity index (χ1v) is 5.90. The number of methoxy groups -OCH3 is 1. The van der Waals surface area contributed by atoms with Gasteiger partial charge in [-0.15, -0.1) is 11.6 Å². The monoisotopic (exact) mass is 219 g/mol. The predicted octanol–water partition coefficient (Wildman–Crippen LogP) is 2.36. The normalized spacial score (nSPS) is 28.9. The molecule has 0 aromatic carbocycles. The second kappa shape index (κ2) is 5.94. The van der Waals surface area contributed by atoms with Crippen LogP contribution in [0.5, 0.6) is 0 Å². The lowest BCUT2D eigenvalue weighted by atomic mass is 9.84. The molecule has 1 aliphatic carbocycles. The van der Waals surface area contributed by atoms with E-state index in [2.05, 4.69) is 18.9 Å². The molecule has 1 fully saturated rings. The molecule has 0 amide bonds. The Morgan fingerprint density at radius 2 is 2.14 bits per heavy atom. The van der Waals surface area contributed by atoms with Crippen LogP contribution < -0.4 is 0 Å². The van der Waals surface area contributed by atoms with E-state index in [4.69, 9.17) is 16.3 Å². The van der Waals surface area contributed by atoms with Crippen LogP contribution in [0.1, 0.15) is 26.2 Å². The molecule has 0 aromatic rings. The maximum atomic E-state index is 5.95. The van der Waals surface area contributed by atoms with E-state index in [1.54, 1.807) is 7.11 Å². The molecule has 84 valence electrons. The lowest BCUT2D eigenvalue weighted by molar-refractivity contribution is 0.128. The lowest BCUT2D eigenvalue weighted by Crippen LogP contribution is -2.39. The number of halogens is 1. The Bertz CT molecular complexity index is 159. The van der Waals surface area contributed by atoms with Crippen molar-refractivity contribution in [1.29, 1.82) is 0 Å². The minimum atomic E-state index is 0.447. The summed E-state index contributed by atoms with van der Waals surface area (Å²) >= 11 is 5.95. The van der Waals surface area contributed by atoms with Gasteiger partial charge in [0, 0.05) is 31.7 Å². The Hall–Kier alpha value is 0.210. The fraction of sp³-hybridized carbons (Fsp3) is 1.00. The molecule has 0 bridgehead atoms. The van der Waals surface area contributed by atoms with E-state index in [1.165, 1.54) is 19.4 Å². The van der Waals surface area contributed by atoms with Crippen molar-refractivity contribution in [1.82, 2.24) is 4.90 Å². The van der Waals surface area contributed by atoms with Gasteiger partial charge in [-0.3, -0.25) is 0 Å². The van der Waals surface area contributed by atoms with Crippen molar-refractivity contribution in [2.75, 3.05) is 27.3 Å². The van der Waals surface area contributed by atoms with E-state index in [0.29, 0.717) is 11.4 Å². The standard InChI is InChI=1S/C11H22ClNO/c1-9(4-5-14-3)13(2)8-10-6-11(12)7-10/h9-11H,4-8H2,1-3H3. The van der Waals surface area contributed by atoms with E-state index in [9.17, 15) is 0 Å². The third kappa shape index (κ3) is 3.76. The van der Waals surface area contributed by atoms with Crippen molar-refractivity contribution < 1.29 is 4.74 Å². The molecule has 1 unspecified atom stereocenters. The minimum absolute atomic E-state index is 0.447. The third-order valence-electron chi connectivity index (χ3n) is 3.22. The fourth-order valence-corrected chi connectivity index (χ4v) is 2.40. The number of nitrogens with zero attached hydrogens (tertiary/aromatic N) is 1. The van der Waals surface area contributed by atoms with Crippen LogP contribution in [-0.2, 0) is 4.74 Å². The number of ether oxygens (including phenoxy) is 1. The van der Waals surface area contributed by atoms with E-state index >= 15 is 0 Å². The summed E-state index contributed by atoms with van der Waals surface area (Å²) in [7, 11) is 3.96. The molecular weight excluding hydrogens is 198 g/mol. The van der Waals surface area contributed by atoms with Gasteiger partial charge in [-0.1, -0.05) is 0 Å². The summed E-state index contributed by atoms with van der Waals surface area (Å²) in [5, 5.41) is 0.447. The molecule has 1 atom stereocenters. The fourth-order valence-electron chi connectivity index (χ4n) is 1.90. The van der Waals surface area contributed by atoms with Crippen LogP contribution in [0.2, 0.25) is 0 Å². The zero-order valence-electron chi connectivity index (χ0n) is 9.50. The molecule has 1 aliphatic rings. The van der Waals surface area contributed by atoms with Crippen molar-refractivity contribution >= 4 is 11.6 Å². The summed E-state index contributed by atoms with van der Waals surface area (Å²) in [6.45, 7) is 4.30. The molecule has 2 nitrogen and oxygen atoms in total. The zero-order valence-corrected chi connectivity index (χ0v) is 10.3. The van der Waals surface area contributed by atoms with E-state index in [0.717, 1.165) is 18.9 Å². The molecule has 0 aliphatic heterocycles. The molecule has 1 saturated carbocycles. The highest BCUT2D eigenvalue weighted by Gasteiger charge is 2.28. The molecule has 0 N–H and O–H groups in total. The van der Waals surface area contributed by atoms with Gasteiger partial charge < -0.3 is 9.64 Å². The first kappa shape index (κ1) is 12.3. The highest BCUT2D eigenvalue weighted by molar-refractivity contribution is 6.21. The van der Waals surface area contributed by atoms with Crippen LogP contribution in [0.15, 0.2) is 0 Å². The minimum Gasteiger partial charge on any atom is -0.385 e. The number of alkyl halides is 1. The molecule has 1 rings (SSSR count). The first-order chi connectivity index (χ1) is 6.63. The van der Waals surface area contributed by atoms with Gasteiger partial charge in [-0.05, 0) is 39.2 Å². The Labute approximate surface area is 92.6 Å². The van der Waals surface area contributed by atoms with E-state index < -0.39 is 0 Å². The summed E-state index contributed by atoms with van der Waals surface area (Å²) in [5.41, 5.74) is 0. The predicted molar refractivity (Wildman–Crippen MR) is 61.0 cm³/mol. The number of hydrogen-bond acceptors (Lipinski definition) is 2. The van der Waals surface area contributed by atoms with Gasteiger partial charge >= 0.3 is 0 Å². The quantitative estimate of drug-likeness (QED) is 0.636. The SMILES string of the molecule is COCCC(C)N(C)CC1CC(Cl)C1. The average molecular weight is 220 g/mol. The number of hydrogen-bond donors (Lipinski definition) is 0. The van der Waals surface area contributed by atoms with Crippen LogP contribution in [0.3, 0.4) is 0 Å². The zero-order chi connectivity index (χ0) is 10.6. The van der Waals surface area contributed by atoms with E-state index in [-0.39, 0.29) is 0 Å². The largest absolute Gasteiger partial charge is 0.385 e. The van der Waals surface area contributed by atoms with Gasteiger partial charge in [-0.25, -0.2) is 0 Å². The van der Waals surface area contributed by atoms with Gasteiger partial charge in [-0.2, -0.15) is 0 Å². The Morgan fingerprint density at radius 3 is 2.64 bits per heavy atom. The van der Waals surface area contributed by atoms with Crippen molar-refractivity contribution in [3.05, 3.63) is 0 Å². The van der Waals surface area contributed by atoms with Crippen molar-refractivity contribution in [2.24, 2.45) is 5.92 Å². The smallest absolute Gasteiger partial charge is 0.0477 e. The first-order valence-electron chi connectivity index (χ1n) is 5.46. The molecule has 0 spiro atoms. The maximum Gasteiger partial charge on any atom is 0.0477 e. The summed E-state index contributed by atoms with van der Waals surface area (Å²) in [5.74, 6) is 0.826. The van der Waals surface area contributed by atoms with Gasteiger partial charge in [0.25, 0.3) is 0 Å². The average Bonchev–Trinajstić information content (AvgIpc) is 2.11. The van der Waals surface area contributed by atoms with Crippen LogP contribution in [-0.4, -0.2) is 43.6 Å². The molecule has 0 saturated heterocycles. The summed E-state index contributed by atoms with van der Waals surface area (Å²) in [4.78, 5) is 2.42. The summed E-state index contributed by atoms with van der Waals surface area (Å²) in [6, 6.07) is 0.615. The van der Waals surface area contributed by atoms with Crippen LogP contribution in [0.4, 0.5) is 0 Å². The van der Waals surface area contributed by atoms with Gasteiger partial charge in [0.05, 0.1) is 0 Å². The van der Waals surface area contributed by atoms with Crippen molar-refractivity contribution in [3.63, 3.8) is 0 Å². The molecule has 3 heteroatoms. The number of rotatable bonds is 6. The second-order valence-corrected chi connectivity index (χ2v) is 5.12. The second-order valence-electron chi connectivity index (χ2n) is 4.50. The van der Waals surface area contributed by atoms with Crippen LogP contribution in [0, 0.1) is 5.92 Å². The molecular formula is C11H22ClNO. The highest BCUT2D eigenvalue weighted by Crippen LogP contribution is 2.32. The molecule has 0 heterocycles. The maximum absolute atomic E-state index is 5.95. The van der Waals surface area contributed by atoms with Gasteiger partial charge in [0.15, 0.2) is 0 Å². The molecule has 0 radical (unpaired) electrons. The summed E-state index contributed by atoms with van der Waals surface area (Å²) < 4.78 is 5.08. The Kier molecular flexibility index (Phi) is 5.21. The Balaban J connectivity index is 2.10. The van der Waals surface area contributed by atoms with Crippen LogP contribution in [0.25, 0.3) is 0 Å². The van der Waals surface area contributed by atoms with Crippen molar-refractivity contribution in [2.45, 2.75) is 37.6 Å². The summed E-state index contributed by atoms with van der Waals surface area (Å²) in [6.07, 6.45) is 3.51. The van der Waals surface area contributed by atoms with Gasteiger partial charge in [0.1, 0.15) is 0 Å². The lowest BCUT2D eigenvalue weighted by Gasteiger charge is -2.36. The molecule has 0 aromatic heterocycles. The highest BCUT2D eigenvalue weighted by atomic mass is 35.5.